The van der Waals surface area contributed by atoms with Crippen molar-refractivity contribution in [2.75, 3.05) is 5.32 Å². The normalized spacial score (nSPS) is 10.8. The van der Waals surface area contributed by atoms with Gasteiger partial charge in [0.1, 0.15) is 0 Å². The van der Waals surface area contributed by atoms with Crippen LogP contribution in [0.5, 0.6) is 0 Å². The van der Waals surface area contributed by atoms with Crippen molar-refractivity contribution in [1.29, 1.82) is 0 Å². The van der Waals surface area contributed by atoms with Crippen LogP contribution >= 0.6 is 0 Å². The van der Waals surface area contributed by atoms with E-state index in [-0.39, 0.29) is 0 Å². The van der Waals surface area contributed by atoms with Crippen molar-refractivity contribution in [3.05, 3.63) is 72.1 Å². The molecule has 0 spiro atoms. The van der Waals surface area contributed by atoms with E-state index in [2.05, 4.69) is 43.1 Å². The molecule has 0 amide bonds. The van der Waals surface area contributed by atoms with Gasteiger partial charge in [-0.2, -0.15) is 0 Å². The molecule has 0 atom stereocenters. The predicted molar refractivity (Wildman–Crippen MR) is 85.3 cm³/mol. The highest BCUT2D eigenvalue weighted by Gasteiger charge is 2.02. The lowest BCUT2D eigenvalue weighted by molar-refractivity contribution is 0.736. The van der Waals surface area contributed by atoms with Gasteiger partial charge in [-0.1, -0.05) is 12.1 Å². The van der Waals surface area contributed by atoms with Crippen molar-refractivity contribution in [3.8, 4) is 0 Å². The van der Waals surface area contributed by atoms with Crippen molar-refractivity contribution in [2.24, 2.45) is 0 Å². The van der Waals surface area contributed by atoms with E-state index in [1.54, 1.807) is 0 Å². The van der Waals surface area contributed by atoms with E-state index < -0.39 is 0 Å². The fourth-order valence-electron chi connectivity index (χ4n) is 2.31. The van der Waals surface area contributed by atoms with E-state index in [0.717, 1.165) is 12.1 Å². The summed E-state index contributed by atoms with van der Waals surface area (Å²) in [7, 11) is 0. The van der Waals surface area contributed by atoms with Crippen LogP contribution in [0.1, 0.15) is 11.1 Å². The second-order valence-electron chi connectivity index (χ2n) is 5.10. The minimum atomic E-state index is 0.614. The summed E-state index contributed by atoms with van der Waals surface area (Å²) in [5, 5.41) is 18.7. The van der Waals surface area contributed by atoms with Gasteiger partial charge in [0, 0.05) is 18.1 Å². The number of tetrazole rings is 1. The maximum Gasteiger partial charge on any atom is 0.200 e. The first-order valence-electron chi connectivity index (χ1n) is 7.17. The van der Waals surface area contributed by atoms with Crippen molar-refractivity contribution < 1.29 is 0 Å². The summed E-state index contributed by atoms with van der Waals surface area (Å²) < 4.78 is 1.39. The lowest BCUT2D eigenvalue weighted by Crippen LogP contribution is -2.00. The van der Waals surface area contributed by atoms with E-state index in [1.165, 1.54) is 15.8 Å². The van der Waals surface area contributed by atoms with E-state index in [0.29, 0.717) is 11.5 Å². The molecule has 3 heterocycles. The first-order chi connectivity index (χ1) is 11.4. The topological polar surface area (TPSA) is 80.9 Å². The Hall–Kier alpha value is -3.35. The first-order valence-corrected chi connectivity index (χ1v) is 7.17. The molecule has 0 saturated carbocycles. The smallest absolute Gasteiger partial charge is 0.200 e. The van der Waals surface area contributed by atoms with Crippen molar-refractivity contribution in [3.63, 3.8) is 0 Å². The molecule has 112 valence electrons. The van der Waals surface area contributed by atoms with Crippen LogP contribution in [0.15, 0.2) is 60.9 Å². The van der Waals surface area contributed by atoms with Crippen LogP contribution in [-0.2, 0) is 6.42 Å². The zero-order chi connectivity index (χ0) is 15.5. The maximum absolute atomic E-state index is 4.28. The van der Waals surface area contributed by atoms with Gasteiger partial charge in [0.2, 0.25) is 0 Å². The highest BCUT2D eigenvalue weighted by molar-refractivity contribution is 5.57. The number of hydrogen-bond acceptors (Lipinski definition) is 6. The van der Waals surface area contributed by atoms with Gasteiger partial charge in [-0.3, -0.25) is 4.98 Å². The number of fused-ring (bicyclic) bond motifs is 1. The van der Waals surface area contributed by atoms with Crippen LogP contribution in [0, 0.1) is 0 Å². The first kappa shape index (κ1) is 13.3. The number of nitrogens with zero attached hydrogens (tertiary/aromatic N) is 6. The van der Waals surface area contributed by atoms with Gasteiger partial charge in [0.25, 0.3) is 0 Å². The van der Waals surface area contributed by atoms with Crippen molar-refractivity contribution in [1.82, 2.24) is 30.2 Å². The Labute approximate surface area is 132 Å². The number of hydrogen-bond donors (Lipinski definition) is 1. The van der Waals surface area contributed by atoms with E-state index in [9.17, 15) is 0 Å². The molecule has 0 bridgehead atoms. The van der Waals surface area contributed by atoms with Gasteiger partial charge in [-0.25, -0.2) is 0 Å². The van der Waals surface area contributed by atoms with Crippen LogP contribution in [0.2, 0.25) is 0 Å². The van der Waals surface area contributed by atoms with Gasteiger partial charge in [-0.05, 0) is 64.4 Å². The molecule has 0 saturated heterocycles. The molecule has 0 aliphatic rings. The SMILES string of the molecule is c1cc(Cc2ccc(Nc3ccc4nnnn4n3)cc2)ccn1. The Morgan fingerprint density at radius 2 is 1.65 bits per heavy atom. The largest absolute Gasteiger partial charge is 0.339 e. The molecule has 7 heteroatoms. The van der Waals surface area contributed by atoms with Crippen LogP contribution in [0.4, 0.5) is 11.5 Å². The molecule has 0 unspecified atom stereocenters. The summed E-state index contributed by atoms with van der Waals surface area (Å²) in [4.78, 5) is 4.03. The average molecular weight is 303 g/mol. The monoisotopic (exact) mass is 303 g/mol. The molecule has 0 aliphatic heterocycles. The molecular formula is C16H13N7. The molecule has 0 radical (unpaired) electrons. The Morgan fingerprint density at radius 3 is 2.48 bits per heavy atom. The number of rotatable bonds is 4. The Bertz CT molecular complexity index is 916. The minimum Gasteiger partial charge on any atom is -0.339 e. The number of aromatic nitrogens is 6. The molecule has 1 aromatic carbocycles. The lowest BCUT2D eigenvalue weighted by atomic mass is 10.1. The molecule has 4 rings (SSSR count). The summed E-state index contributed by atoms with van der Waals surface area (Å²) >= 11 is 0. The van der Waals surface area contributed by atoms with E-state index >= 15 is 0 Å². The maximum atomic E-state index is 4.28. The summed E-state index contributed by atoms with van der Waals surface area (Å²) in [5.41, 5.74) is 4.06. The second kappa shape index (κ2) is 5.80. The van der Waals surface area contributed by atoms with Gasteiger partial charge in [-0.15, -0.1) is 14.8 Å². The second-order valence-corrected chi connectivity index (χ2v) is 5.10. The van der Waals surface area contributed by atoms with Crippen LogP contribution < -0.4 is 5.32 Å². The fraction of sp³-hybridized carbons (Fsp3) is 0.0625. The number of pyridine rings is 1. The van der Waals surface area contributed by atoms with Crippen molar-refractivity contribution >= 4 is 17.2 Å². The predicted octanol–water partition coefficient (Wildman–Crippen LogP) is 2.25. The molecule has 4 aromatic rings. The molecule has 23 heavy (non-hydrogen) atoms. The molecule has 0 fully saturated rings. The third-order valence-electron chi connectivity index (χ3n) is 3.45. The quantitative estimate of drug-likeness (QED) is 0.623. The van der Waals surface area contributed by atoms with Crippen LogP contribution in [0.25, 0.3) is 5.65 Å². The number of anilines is 2. The van der Waals surface area contributed by atoms with Crippen molar-refractivity contribution in [2.45, 2.75) is 6.42 Å². The molecule has 3 aromatic heterocycles. The Morgan fingerprint density at radius 1 is 0.870 bits per heavy atom. The van der Waals surface area contributed by atoms with Crippen LogP contribution in [-0.4, -0.2) is 30.2 Å². The average Bonchev–Trinajstić information content (AvgIpc) is 3.05. The van der Waals surface area contributed by atoms with E-state index in [4.69, 9.17) is 0 Å². The van der Waals surface area contributed by atoms with Gasteiger partial charge < -0.3 is 5.32 Å². The summed E-state index contributed by atoms with van der Waals surface area (Å²) in [6, 6.07) is 16.0. The summed E-state index contributed by atoms with van der Waals surface area (Å²) in [6.45, 7) is 0. The van der Waals surface area contributed by atoms with Gasteiger partial charge in [0.15, 0.2) is 11.5 Å². The number of nitrogens with one attached hydrogen (secondary N) is 1. The lowest BCUT2D eigenvalue weighted by Gasteiger charge is -2.07. The molecule has 7 nitrogen and oxygen atoms in total. The third-order valence-corrected chi connectivity index (χ3v) is 3.45. The van der Waals surface area contributed by atoms with Crippen LogP contribution in [0.3, 0.4) is 0 Å². The zero-order valence-electron chi connectivity index (χ0n) is 12.2. The Kier molecular flexibility index (Phi) is 3.36. The standard InChI is InChI=1S/C16H13N7/c1-3-14(4-2-12(1)11-13-7-9-17-10-8-13)18-15-5-6-16-19-21-22-23(16)20-15/h1-10H,11H2,(H,18,20). The highest BCUT2D eigenvalue weighted by atomic mass is 15.6. The summed E-state index contributed by atoms with van der Waals surface area (Å²) in [5.74, 6) is 0.687. The minimum absolute atomic E-state index is 0.614. The highest BCUT2D eigenvalue weighted by Crippen LogP contribution is 2.17. The molecular weight excluding hydrogens is 290 g/mol. The van der Waals surface area contributed by atoms with Gasteiger partial charge in [0.05, 0.1) is 0 Å². The zero-order valence-corrected chi connectivity index (χ0v) is 12.2. The van der Waals surface area contributed by atoms with Gasteiger partial charge >= 0.3 is 0 Å². The fourth-order valence-corrected chi connectivity index (χ4v) is 2.31. The Balaban J connectivity index is 1.49. The molecule has 0 aliphatic carbocycles. The summed E-state index contributed by atoms with van der Waals surface area (Å²) in [6.07, 6.45) is 4.51. The van der Waals surface area contributed by atoms with E-state index in [1.807, 2.05) is 48.8 Å². The molecule has 1 N–H and O–H groups in total. The number of benzene rings is 1. The third kappa shape index (κ3) is 2.98.